The van der Waals surface area contributed by atoms with Gasteiger partial charge in [0.2, 0.25) is 0 Å². The van der Waals surface area contributed by atoms with E-state index in [1.54, 1.807) is 18.2 Å². The first-order valence-corrected chi connectivity index (χ1v) is 9.49. The van der Waals surface area contributed by atoms with Crippen molar-refractivity contribution in [3.05, 3.63) is 29.8 Å². The molecule has 0 bridgehead atoms. The lowest BCUT2D eigenvalue weighted by molar-refractivity contribution is -0.190. The number of amides is 1. The molecule has 162 valence electrons. The minimum absolute atomic E-state index is 0.130. The van der Waals surface area contributed by atoms with Crippen molar-refractivity contribution in [2.45, 2.75) is 32.0 Å². The third-order valence-electron chi connectivity index (χ3n) is 4.67. The Morgan fingerprint density at radius 1 is 1.24 bits per heavy atom. The van der Waals surface area contributed by atoms with Crippen LogP contribution in [0.15, 0.2) is 24.3 Å². The Hall–Kier alpha value is -2.29. The van der Waals surface area contributed by atoms with Crippen LogP contribution in [0.2, 0.25) is 0 Å². The summed E-state index contributed by atoms with van der Waals surface area (Å²) in [6.45, 7) is 1.65. The summed E-state index contributed by atoms with van der Waals surface area (Å²) in [5.41, 5.74) is 0.774. The van der Waals surface area contributed by atoms with E-state index in [1.807, 2.05) is 32.0 Å². The number of rotatable bonds is 6. The van der Waals surface area contributed by atoms with Gasteiger partial charge in [-0.15, -0.1) is 0 Å². The molecule has 0 saturated carbocycles. The number of hydrogen-bond acceptors (Lipinski definition) is 5. The molecule has 0 aliphatic carbocycles. The predicted molar refractivity (Wildman–Crippen MR) is 100 cm³/mol. The van der Waals surface area contributed by atoms with Gasteiger partial charge in [0.25, 0.3) is 0 Å². The number of carbonyl (C=O) groups excluding carboxylic acids is 2. The molecule has 0 radical (unpaired) electrons. The maximum absolute atomic E-state index is 12.5. The van der Waals surface area contributed by atoms with E-state index in [0.717, 1.165) is 18.5 Å². The maximum atomic E-state index is 12.5. The van der Waals surface area contributed by atoms with Crippen molar-refractivity contribution in [3.63, 3.8) is 0 Å². The van der Waals surface area contributed by atoms with Crippen molar-refractivity contribution in [3.8, 4) is 5.75 Å². The molecule has 1 fully saturated rings. The van der Waals surface area contributed by atoms with Crippen molar-refractivity contribution in [2.75, 3.05) is 40.4 Å². The molecule has 2 atom stereocenters. The van der Waals surface area contributed by atoms with Gasteiger partial charge in [-0.3, -0.25) is 4.79 Å². The SMILES string of the molecule is C[C@H]1CC[C@H](c2cccc(OCCN(C)C)c2)N(C(=O)C(=O)OCC(F)(F)F)C1. The van der Waals surface area contributed by atoms with Gasteiger partial charge in [-0.05, 0) is 50.6 Å². The second kappa shape index (κ2) is 9.96. The molecule has 29 heavy (non-hydrogen) atoms. The Balaban J connectivity index is 2.12. The monoisotopic (exact) mass is 416 g/mol. The van der Waals surface area contributed by atoms with E-state index in [9.17, 15) is 22.8 Å². The third kappa shape index (κ3) is 7.23. The zero-order valence-electron chi connectivity index (χ0n) is 16.9. The minimum Gasteiger partial charge on any atom is -0.492 e. The molecular formula is C20H27F3N2O4. The maximum Gasteiger partial charge on any atom is 0.422 e. The number of carbonyl (C=O) groups is 2. The quantitative estimate of drug-likeness (QED) is 0.527. The topological polar surface area (TPSA) is 59.1 Å². The number of ether oxygens (including phenoxy) is 2. The van der Waals surface area contributed by atoms with Gasteiger partial charge in [0.15, 0.2) is 6.61 Å². The average molecular weight is 416 g/mol. The summed E-state index contributed by atoms with van der Waals surface area (Å²) in [5.74, 6) is -1.77. The Morgan fingerprint density at radius 2 is 1.97 bits per heavy atom. The number of alkyl halides is 3. The number of halogens is 3. The summed E-state index contributed by atoms with van der Waals surface area (Å²) in [4.78, 5) is 27.7. The van der Waals surface area contributed by atoms with Crippen LogP contribution in [0, 0.1) is 5.92 Å². The van der Waals surface area contributed by atoms with Crippen LogP contribution in [0.5, 0.6) is 5.75 Å². The number of nitrogens with zero attached hydrogens (tertiary/aromatic N) is 2. The Kier molecular flexibility index (Phi) is 7.89. The summed E-state index contributed by atoms with van der Waals surface area (Å²) in [6, 6.07) is 6.80. The standard InChI is InChI=1S/C20H27F3N2O4/c1-14-7-8-17(15-5-4-6-16(11-15)28-10-9-24(2)3)25(12-14)18(26)19(27)29-13-20(21,22)23/h4-6,11,14,17H,7-10,12-13H2,1-3H3/t14-,17+/m0/s1. The normalized spacial score (nSPS) is 19.9. The number of likely N-dealkylation sites (tertiary alicyclic amines) is 1. The molecule has 1 heterocycles. The molecule has 9 heteroatoms. The lowest BCUT2D eigenvalue weighted by Crippen LogP contribution is -2.45. The highest BCUT2D eigenvalue weighted by Gasteiger charge is 2.37. The van der Waals surface area contributed by atoms with Crippen LogP contribution in [-0.2, 0) is 14.3 Å². The Bertz CT molecular complexity index is 709. The van der Waals surface area contributed by atoms with Gasteiger partial charge >= 0.3 is 18.1 Å². The molecule has 1 aromatic rings. The molecule has 0 N–H and O–H groups in total. The van der Waals surface area contributed by atoms with Gasteiger partial charge in [0.05, 0.1) is 6.04 Å². The second-order valence-corrected chi connectivity index (χ2v) is 7.57. The molecule has 2 rings (SSSR count). The van der Waals surface area contributed by atoms with Gasteiger partial charge in [0.1, 0.15) is 12.4 Å². The van der Waals surface area contributed by atoms with E-state index in [-0.39, 0.29) is 12.5 Å². The zero-order valence-corrected chi connectivity index (χ0v) is 16.9. The van der Waals surface area contributed by atoms with Gasteiger partial charge in [-0.2, -0.15) is 13.2 Å². The molecule has 1 aliphatic heterocycles. The van der Waals surface area contributed by atoms with Gasteiger partial charge in [-0.25, -0.2) is 4.79 Å². The van der Waals surface area contributed by atoms with Gasteiger partial charge in [0, 0.05) is 13.1 Å². The first-order chi connectivity index (χ1) is 13.6. The third-order valence-corrected chi connectivity index (χ3v) is 4.67. The van der Waals surface area contributed by atoms with E-state index in [0.29, 0.717) is 18.8 Å². The van der Waals surface area contributed by atoms with Crippen LogP contribution in [0.1, 0.15) is 31.4 Å². The molecule has 1 aromatic carbocycles. The first kappa shape index (κ1) is 23.0. The number of hydrogen-bond donors (Lipinski definition) is 0. The first-order valence-electron chi connectivity index (χ1n) is 9.49. The molecule has 1 amide bonds. The van der Waals surface area contributed by atoms with E-state index < -0.39 is 30.7 Å². The second-order valence-electron chi connectivity index (χ2n) is 7.57. The number of likely N-dealkylation sites (N-methyl/N-ethyl adjacent to an activating group) is 1. The van der Waals surface area contributed by atoms with Crippen molar-refractivity contribution < 1.29 is 32.2 Å². The Morgan fingerprint density at radius 3 is 2.62 bits per heavy atom. The van der Waals surface area contributed by atoms with Crippen molar-refractivity contribution in [1.29, 1.82) is 0 Å². The molecule has 1 aliphatic rings. The smallest absolute Gasteiger partial charge is 0.422 e. The highest BCUT2D eigenvalue weighted by atomic mass is 19.4. The fourth-order valence-corrected chi connectivity index (χ4v) is 3.21. The van der Waals surface area contributed by atoms with E-state index in [4.69, 9.17) is 4.74 Å². The average Bonchev–Trinajstić information content (AvgIpc) is 2.64. The summed E-state index contributed by atoms with van der Waals surface area (Å²) >= 11 is 0. The molecule has 0 aromatic heterocycles. The number of esters is 1. The molecule has 6 nitrogen and oxygen atoms in total. The molecular weight excluding hydrogens is 389 g/mol. The lowest BCUT2D eigenvalue weighted by Gasteiger charge is -2.38. The van der Waals surface area contributed by atoms with Crippen LogP contribution in [0.3, 0.4) is 0 Å². The highest BCUT2D eigenvalue weighted by Crippen LogP contribution is 2.35. The van der Waals surface area contributed by atoms with Crippen LogP contribution < -0.4 is 4.74 Å². The fourth-order valence-electron chi connectivity index (χ4n) is 3.21. The fraction of sp³-hybridized carbons (Fsp3) is 0.600. The van der Waals surface area contributed by atoms with Crippen LogP contribution >= 0.6 is 0 Å². The van der Waals surface area contributed by atoms with Crippen LogP contribution in [-0.4, -0.2) is 68.3 Å². The summed E-state index contributed by atoms with van der Waals surface area (Å²) < 4.78 is 46.8. The number of benzene rings is 1. The summed E-state index contributed by atoms with van der Waals surface area (Å²) in [5, 5.41) is 0. The molecule has 0 unspecified atom stereocenters. The van der Waals surface area contributed by atoms with E-state index in [1.165, 1.54) is 4.90 Å². The van der Waals surface area contributed by atoms with Gasteiger partial charge in [-0.1, -0.05) is 19.1 Å². The van der Waals surface area contributed by atoms with Crippen molar-refractivity contribution >= 4 is 11.9 Å². The predicted octanol–water partition coefficient (Wildman–Crippen LogP) is 3.03. The largest absolute Gasteiger partial charge is 0.492 e. The minimum atomic E-state index is -4.68. The summed E-state index contributed by atoms with van der Waals surface area (Å²) in [7, 11) is 3.87. The van der Waals surface area contributed by atoms with Gasteiger partial charge < -0.3 is 19.3 Å². The zero-order chi connectivity index (χ0) is 21.6. The highest BCUT2D eigenvalue weighted by molar-refractivity contribution is 6.32. The molecule has 0 spiro atoms. The van der Waals surface area contributed by atoms with Crippen LogP contribution in [0.25, 0.3) is 0 Å². The van der Waals surface area contributed by atoms with Crippen LogP contribution in [0.4, 0.5) is 13.2 Å². The summed E-state index contributed by atoms with van der Waals surface area (Å²) in [6.07, 6.45) is -3.25. The van der Waals surface area contributed by atoms with E-state index in [2.05, 4.69) is 4.74 Å². The lowest BCUT2D eigenvalue weighted by atomic mass is 9.89. The van der Waals surface area contributed by atoms with Crippen molar-refractivity contribution in [2.24, 2.45) is 5.92 Å². The van der Waals surface area contributed by atoms with Crippen molar-refractivity contribution in [1.82, 2.24) is 9.80 Å². The number of piperidine rings is 1. The molecule has 1 saturated heterocycles. The van der Waals surface area contributed by atoms with E-state index >= 15 is 0 Å². The Labute approximate surface area is 168 Å².